The zero-order valence-corrected chi connectivity index (χ0v) is 59.3. The molecule has 0 saturated carbocycles. The summed E-state index contributed by atoms with van der Waals surface area (Å²) in [5.74, 6) is 0. The van der Waals surface area contributed by atoms with E-state index in [4.69, 9.17) is 22.1 Å². The van der Waals surface area contributed by atoms with E-state index in [2.05, 4.69) is 173 Å². The highest BCUT2D eigenvalue weighted by Crippen LogP contribution is 2.14. The van der Waals surface area contributed by atoms with Gasteiger partial charge < -0.3 is 39.9 Å². The number of ether oxygens (including phenoxy) is 1. The first-order chi connectivity index (χ1) is 36.5. The van der Waals surface area contributed by atoms with Crippen LogP contribution in [0, 0.1) is 0 Å². The number of likely N-dealkylation sites (N-methyl/N-ethyl adjacent to an activating group) is 1. The van der Waals surface area contributed by atoms with Gasteiger partial charge in [0.25, 0.3) is 0 Å². The molecule has 0 aromatic heterocycles. The van der Waals surface area contributed by atoms with E-state index < -0.39 is 6.17 Å². The van der Waals surface area contributed by atoms with E-state index in [1.54, 1.807) is 0 Å². The molecule has 7 rings (SSSR count). The van der Waals surface area contributed by atoms with E-state index >= 15 is 0 Å². The van der Waals surface area contributed by atoms with E-state index in [0.717, 1.165) is 62.6 Å². The van der Waals surface area contributed by atoms with Crippen molar-refractivity contribution in [1.29, 1.82) is 0 Å². The molecule has 7 aliphatic rings. The second kappa shape index (κ2) is 56.4. The van der Waals surface area contributed by atoms with Crippen molar-refractivity contribution in [1.82, 2.24) is 39.2 Å². The maximum Gasteiger partial charge on any atom is 0.0945 e. The molecule has 0 atom stereocenters. The molecule has 7 fully saturated rings. The minimum absolute atomic E-state index is 0.306. The van der Waals surface area contributed by atoms with E-state index in [1.165, 1.54) is 189 Å². The van der Waals surface area contributed by atoms with Crippen LogP contribution < -0.4 is 5.73 Å². The lowest BCUT2D eigenvalue weighted by molar-refractivity contribution is 0.0238. The topological polar surface area (TPSA) is 61.2 Å². The highest BCUT2D eigenvalue weighted by molar-refractivity contribution is 9.09. The van der Waals surface area contributed by atoms with Gasteiger partial charge in [0.2, 0.25) is 0 Å². The molecule has 0 amide bonds. The summed E-state index contributed by atoms with van der Waals surface area (Å²) in [6.07, 6.45) is 17.9. The molecule has 0 aromatic rings. The van der Waals surface area contributed by atoms with Crippen LogP contribution >= 0.6 is 27.5 Å². The van der Waals surface area contributed by atoms with Crippen LogP contribution in [0.3, 0.4) is 0 Å². The molecule has 13 heteroatoms. The number of piperazine rings is 1. The highest BCUT2D eigenvalue weighted by atomic mass is 79.9. The van der Waals surface area contributed by atoms with Gasteiger partial charge in [0, 0.05) is 91.8 Å². The van der Waals surface area contributed by atoms with Gasteiger partial charge in [-0.05, 0) is 261 Å². The molecule has 0 spiro atoms. The van der Waals surface area contributed by atoms with Gasteiger partial charge in [0.1, 0.15) is 0 Å². The third-order valence-electron chi connectivity index (χ3n) is 14.1. The Balaban J connectivity index is -0.000000392. The summed E-state index contributed by atoms with van der Waals surface area (Å²) in [5, 5.41) is 0.306. The number of rotatable bonds is 7. The number of morpholine rings is 1. The van der Waals surface area contributed by atoms with Crippen LogP contribution in [-0.4, -0.2) is 229 Å². The van der Waals surface area contributed by atoms with E-state index in [0.29, 0.717) is 22.3 Å². The first-order valence-corrected chi connectivity index (χ1v) is 33.9. The lowest BCUT2D eigenvalue weighted by atomic mass is 10.1. The van der Waals surface area contributed by atoms with Crippen molar-refractivity contribution >= 4 is 27.5 Å². The average molecular weight is 1200 g/mol. The molecule has 7 saturated heterocycles. The maximum atomic E-state index is 11.0. The predicted molar refractivity (Wildman–Crippen MR) is 356 cm³/mol. The monoisotopic (exact) mass is 1200 g/mol. The quantitative estimate of drug-likeness (QED) is 0.250. The first kappa shape index (κ1) is 84.8. The minimum atomic E-state index is -0.667. The predicted octanol–water partition coefficient (Wildman–Crippen LogP) is 15.1. The zero-order valence-electron chi connectivity index (χ0n) is 57.0. The standard InChI is InChI=1S/C9H19N.C8H18N2.2C8H17N.C7H15NO.C7H15N.C6H13N.C3H7Br.C3H7Cl.C3H7F.C3H9N/c1-9(2)10-7-5-3-4-6-8-10;1-8(2)10-6-4-9(3)5-7-10;2*1-8(2)9-6-4-3-5-7-9;1-7(2)8-3-5-9-6-4-8;1-7(2)8-5-3-4-6-8;1-6(2)7-4-3-5-7;4*1-3(2)4/h9H,3-8H2,1-2H3;8H,4-7H2,1-3H3;2*8H,3-7H2,1-2H3;7H,3-6H2,1-2H3;7H,3-6H2,1-2H3;6H,3-5H2,1-2H3;3*3H,1-2H3;3H,4H2,1-2H3. The largest absolute Gasteiger partial charge is 0.379 e. The van der Waals surface area contributed by atoms with Gasteiger partial charge in [0.15, 0.2) is 0 Å². The summed E-state index contributed by atoms with van der Waals surface area (Å²) in [6, 6.07) is 5.61. The van der Waals surface area contributed by atoms with Gasteiger partial charge in [0.05, 0.1) is 19.4 Å². The van der Waals surface area contributed by atoms with Crippen molar-refractivity contribution in [3.63, 3.8) is 0 Å². The number of alkyl halides is 3. The zero-order chi connectivity index (χ0) is 60.6. The SMILES string of the molecule is CC(C)Br.CC(C)Cl.CC(C)F.CC(C)N.CC(C)N1CCC1.CC(C)N1CCCC1.CC(C)N1CCCCC1.CC(C)N1CCCCC1.CC(C)N1CCCCCC1.CC(C)N1CCN(C)CC1.CC(C)N1CCOCC1. The summed E-state index contributed by atoms with van der Waals surface area (Å²) in [7, 11) is 2.19. The Morgan fingerprint density at radius 2 is 0.487 bits per heavy atom. The third-order valence-corrected chi connectivity index (χ3v) is 14.1. The molecule has 0 aromatic carbocycles. The molecule has 2 N–H and O–H groups in total. The fourth-order valence-electron chi connectivity index (χ4n) is 9.03. The van der Waals surface area contributed by atoms with E-state index in [-0.39, 0.29) is 0 Å². The Morgan fingerprint density at radius 1 is 0.333 bits per heavy atom. The second-order valence-corrected chi connectivity index (χ2v) is 28.4. The summed E-state index contributed by atoms with van der Waals surface area (Å²) in [4.78, 5) is 20.7. The molecule has 0 bridgehead atoms. The molecule has 0 radical (unpaired) electrons. The number of nitrogens with zero attached hydrogens (tertiary/aromatic N) is 8. The Morgan fingerprint density at radius 3 is 0.654 bits per heavy atom. The van der Waals surface area contributed by atoms with Crippen molar-refractivity contribution < 1.29 is 9.13 Å². The summed E-state index contributed by atoms with van der Waals surface area (Å²) in [6.45, 7) is 69.0. The lowest BCUT2D eigenvalue weighted by Gasteiger charge is -2.34. The minimum Gasteiger partial charge on any atom is -0.379 e. The Bertz CT molecular complexity index is 1070. The normalized spacial score (nSPS) is 20.2. The summed E-state index contributed by atoms with van der Waals surface area (Å²) in [5.41, 5.74) is 5.11. The number of halogens is 3. The molecule has 7 heterocycles. The van der Waals surface area contributed by atoms with Crippen LogP contribution in [0.25, 0.3) is 0 Å². The highest BCUT2D eigenvalue weighted by Gasteiger charge is 2.18. The fraction of sp³-hybridized carbons (Fsp3) is 1.00. The van der Waals surface area contributed by atoms with Crippen LogP contribution in [0.2, 0.25) is 0 Å². The van der Waals surface area contributed by atoms with Crippen molar-refractivity contribution in [3.8, 4) is 0 Å². The summed E-state index contributed by atoms with van der Waals surface area (Å²) >= 11 is 8.55. The molecule has 78 heavy (non-hydrogen) atoms. The van der Waals surface area contributed by atoms with Gasteiger partial charge in [-0.15, -0.1) is 11.6 Å². The molecule has 476 valence electrons. The van der Waals surface area contributed by atoms with E-state index in [9.17, 15) is 4.39 Å². The number of piperidine rings is 2. The molecule has 0 aliphatic carbocycles. The number of hydrogen-bond acceptors (Lipinski definition) is 10. The van der Waals surface area contributed by atoms with Crippen molar-refractivity contribution in [2.75, 3.05) is 125 Å². The lowest BCUT2D eigenvalue weighted by Crippen LogP contribution is -2.47. The Kier molecular flexibility index (Phi) is 61.3. The first-order valence-electron chi connectivity index (χ1n) is 32.6. The van der Waals surface area contributed by atoms with Crippen LogP contribution in [0.1, 0.15) is 236 Å². The van der Waals surface area contributed by atoms with Gasteiger partial charge in [-0.25, -0.2) is 4.39 Å². The number of nitrogens with two attached hydrogens (primary N) is 1. The average Bonchev–Trinajstić information content (AvgIpc) is 3.75. The molecule has 10 nitrogen and oxygen atoms in total. The van der Waals surface area contributed by atoms with Crippen molar-refractivity contribution in [3.05, 3.63) is 0 Å². The number of hydrogen-bond donors (Lipinski definition) is 1. The number of likely N-dealkylation sites (tertiary alicyclic amines) is 5. The van der Waals surface area contributed by atoms with Crippen LogP contribution in [-0.2, 0) is 4.74 Å². The molecule has 0 unspecified atom stereocenters. The van der Waals surface area contributed by atoms with Crippen LogP contribution in [0.15, 0.2) is 0 Å². The van der Waals surface area contributed by atoms with Crippen LogP contribution in [0.5, 0.6) is 0 Å². The Hall–Kier alpha value is 0.300. The second-order valence-electron chi connectivity index (χ2n) is 25.7. The Labute approximate surface area is 504 Å². The molecular formula is C65H144BrClFN9O. The van der Waals surface area contributed by atoms with E-state index in [1.807, 2.05) is 27.7 Å². The van der Waals surface area contributed by atoms with Gasteiger partial charge in [-0.1, -0.05) is 69.3 Å². The smallest absolute Gasteiger partial charge is 0.0945 e. The van der Waals surface area contributed by atoms with Crippen LogP contribution in [0.4, 0.5) is 4.39 Å². The maximum absolute atomic E-state index is 11.0. The molecule has 7 aliphatic heterocycles. The fourth-order valence-corrected chi connectivity index (χ4v) is 9.03. The van der Waals surface area contributed by atoms with Gasteiger partial charge >= 0.3 is 0 Å². The third kappa shape index (κ3) is 60.9. The summed E-state index contributed by atoms with van der Waals surface area (Å²) < 4.78 is 16.2. The van der Waals surface area contributed by atoms with Crippen molar-refractivity contribution in [2.24, 2.45) is 5.73 Å². The molecular weight excluding hydrogens is 1060 g/mol. The van der Waals surface area contributed by atoms with Gasteiger partial charge in [-0.2, -0.15) is 0 Å². The van der Waals surface area contributed by atoms with Crippen molar-refractivity contribution in [2.45, 2.75) is 301 Å². The van der Waals surface area contributed by atoms with Gasteiger partial charge in [-0.3, -0.25) is 9.80 Å².